The molecule has 2 fully saturated rings. The third-order valence-corrected chi connectivity index (χ3v) is 7.07. The molecule has 5 rings (SSSR count). The van der Waals surface area contributed by atoms with Gasteiger partial charge >= 0.3 is 5.69 Å². The summed E-state index contributed by atoms with van der Waals surface area (Å²) in [4.78, 5) is 15.4. The summed E-state index contributed by atoms with van der Waals surface area (Å²) in [6.45, 7) is 6.75. The summed E-state index contributed by atoms with van der Waals surface area (Å²) in [6.07, 6.45) is 1.28. The van der Waals surface area contributed by atoms with Crippen LogP contribution >= 0.6 is 11.6 Å². The molecule has 1 saturated heterocycles. The van der Waals surface area contributed by atoms with Crippen molar-refractivity contribution in [2.45, 2.75) is 32.4 Å². The molecule has 2 aliphatic rings. The van der Waals surface area contributed by atoms with Crippen LogP contribution in [0.25, 0.3) is 11.0 Å². The van der Waals surface area contributed by atoms with E-state index in [2.05, 4.69) is 23.1 Å². The smallest absolute Gasteiger partial charge is 0.301 e. The van der Waals surface area contributed by atoms with Crippen LogP contribution in [0.5, 0.6) is 0 Å². The fraction of sp³-hybridized carbons (Fsp3) is 0.435. The molecule has 0 amide bonds. The first-order valence-electron chi connectivity index (χ1n) is 10.3. The lowest BCUT2D eigenvalue weighted by Crippen LogP contribution is -2.33. The molecule has 1 aromatic heterocycles. The molecule has 2 aromatic carbocycles. The Hall–Kier alpha value is -2.04. The molecular weight excluding hydrogens is 370 g/mol. The minimum Gasteiger partial charge on any atom is -0.301 e. The Morgan fingerprint density at radius 3 is 2.39 bits per heavy atom. The van der Waals surface area contributed by atoms with Crippen LogP contribution in [0.3, 0.4) is 0 Å². The van der Waals surface area contributed by atoms with Crippen molar-refractivity contribution >= 4 is 22.6 Å². The number of hydrogen-bond acceptors (Lipinski definition) is 2. The van der Waals surface area contributed by atoms with Crippen molar-refractivity contribution in [3.05, 3.63) is 69.6 Å². The zero-order chi connectivity index (χ0) is 19.3. The van der Waals surface area contributed by atoms with Crippen molar-refractivity contribution in [2.24, 2.45) is 11.8 Å². The minimum atomic E-state index is 0.116. The van der Waals surface area contributed by atoms with Gasteiger partial charge in [-0.05, 0) is 60.9 Å². The Labute approximate surface area is 170 Å². The van der Waals surface area contributed by atoms with Crippen LogP contribution in [0.1, 0.15) is 24.8 Å². The van der Waals surface area contributed by atoms with E-state index in [0.29, 0.717) is 12.5 Å². The molecular formula is C23H26ClN3O. The highest BCUT2D eigenvalue weighted by atomic mass is 35.5. The lowest BCUT2D eigenvalue weighted by atomic mass is 9.64. The highest BCUT2D eigenvalue weighted by Crippen LogP contribution is 2.51. The van der Waals surface area contributed by atoms with Gasteiger partial charge < -0.3 is 4.90 Å². The molecule has 3 atom stereocenters. The second-order valence-electron chi connectivity index (χ2n) is 8.24. The summed E-state index contributed by atoms with van der Waals surface area (Å²) in [5.74, 6) is 2.21. The SMILES string of the molecule is CCn1c(=O)n(CCN2CC3CC(c4ccc(Cl)cc4)C3C2)c2ccccc21. The van der Waals surface area contributed by atoms with E-state index in [1.54, 1.807) is 0 Å². The predicted octanol–water partition coefficient (Wildman–Crippen LogP) is 4.21. The average molecular weight is 396 g/mol. The maximum Gasteiger partial charge on any atom is 0.329 e. The largest absolute Gasteiger partial charge is 0.329 e. The topological polar surface area (TPSA) is 30.2 Å². The van der Waals surface area contributed by atoms with Gasteiger partial charge in [0.05, 0.1) is 11.0 Å². The second-order valence-corrected chi connectivity index (χ2v) is 8.68. The number of benzene rings is 2. The van der Waals surface area contributed by atoms with Gasteiger partial charge in [-0.15, -0.1) is 0 Å². The molecule has 1 saturated carbocycles. The first kappa shape index (κ1) is 18.0. The number of nitrogens with zero attached hydrogens (tertiary/aromatic N) is 3. The lowest BCUT2D eigenvalue weighted by Gasteiger charge is -2.40. The number of aryl methyl sites for hydroxylation is 1. The van der Waals surface area contributed by atoms with E-state index in [1.165, 1.54) is 12.0 Å². The van der Waals surface area contributed by atoms with Crippen molar-refractivity contribution in [2.75, 3.05) is 19.6 Å². The quantitative estimate of drug-likeness (QED) is 0.647. The van der Waals surface area contributed by atoms with Crippen LogP contribution in [0, 0.1) is 11.8 Å². The standard InChI is InChI=1S/C23H26ClN3O/c1-2-26-21-5-3-4-6-22(21)27(23(26)28)12-11-25-14-17-13-19(20(17)15-25)16-7-9-18(24)10-8-16/h3-10,17,19-20H,2,11-15H2,1H3. The minimum absolute atomic E-state index is 0.116. The number of rotatable bonds is 5. The summed E-state index contributed by atoms with van der Waals surface area (Å²) >= 11 is 6.04. The van der Waals surface area contributed by atoms with Crippen LogP contribution < -0.4 is 5.69 Å². The maximum absolute atomic E-state index is 12.8. The van der Waals surface area contributed by atoms with Gasteiger partial charge in [0, 0.05) is 37.7 Å². The first-order chi connectivity index (χ1) is 13.7. The molecule has 0 spiro atoms. The Morgan fingerprint density at radius 2 is 1.68 bits per heavy atom. The van der Waals surface area contributed by atoms with E-state index in [1.807, 2.05) is 46.4 Å². The molecule has 5 heteroatoms. The maximum atomic E-state index is 12.8. The Balaban J connectivity index is 1.28. The average Bonchev–Trinajstić information content (AvgIpc) is 3.16. The van der Waals surface area contributed by atoms with Gasteiger partial charge in [0.15, 0.2) is 0 Å². The van der Waals surface area contributed by atoms with Crippen molar-refractivity contribution in [1.29, 1.82) is 0 Å². The molecule has 0 radical (unpaired) electrons. The summed E-state index contributed by atoms with van der Waals surface area (Å²) in [5.41, 5.74) is 3.63. The fourth-order valence-corrected chi connectivity index (χ4v) is 5.44. The van der Waals surface area contributed by atoms with Gasteiger partial charge in [-0.3, -0.25) is 9.13 Å². The lowest BCUT2D eigenvalue weighted by molar-refractivity contribution is 0.191. The molecule has 146 valence electrons. The number of halogens is 1. The van der Waals surface area contributed by atoms with Crippen LogP contribution in [0.4, 0.5) is 0 Å². The number of para-hydroxylation sites is 2. The number of aromatic nitrogens is 2. The van der Waals surface area contributed by atoms with E-state index in [-0.39, 0.29) is 5.69 Å². The van der Waals surface area contributed by atoms with Gasteiger partial charge in [-0.1, -0.05) is 35.9 Å². The molecule has 1 aliphatic carbocycles. The van der Waals surface area contributed by atoms with Crippen LogP contribution in [0.15, 0.2) is 53.3 Å². The van der Waals surface area contributed by atoms with E-state index < -0.39 is 0 Å². The van der Waals surface area contributed by atoms with Gasteiger partial charge in [-0.2, -0.15) is 0 Å². The van der Waals surface area contributed by atoms with Gasteiger partial charge in [0.2, 0.25) is 0 Å². The summed E-state index contributed by atoms with van der Waals surface area (Å²) < 4.78 is 3.83. The van der Waals surface area contributed by atoms with Gasteiger partial charge in [-0.25, -0.2) is 4.79 Å². The van der Waals surface area contributed by atoms with E-state index in [9.17, 15) is 4.79 Å². The normalized spacial score (nSPS) is 24.4. The van der Waals surface area contributed by atoms with Crippen molar-refractivity contribution in [1.82, 2.24) is 14.0 Å². The first-order valence-corrected chi connectivity index (χ1v) is 10.7. The molecule has 3 aromatic rings. The highest BCUT2D eigenvalue weighted by Gasteiger charge is 2.47. The molecule has 3 unspecified atom stereocenters. The van der Waals surface area contributed by atoms with Gasteiger partial charge in [0.25, 0.3) is 0 Å². The monoisotopic (exact) mass is 395 g/mol. The van der Waals surface area contributed by atoms with E-state index in [0.717, 1.165) is 54.1 Å². The summed E-state index contributed by atoms with van der Waals surface area (Å²) in [6, 6.07) is 16.5. The van der Waals surface area contributed by atoms with Crippen LogP contribution in [-0.2, 0) is 13.1 Å². The molecule has 0 N–H and O–H groups in total. The number of likely N-dealkylation sites (tertiary alicyclic amines) is 1. The number of fused-ring (bicyclic) bond motifs is 2. The number of hydrogen-bond donors (Lipinski definition) is 0. The number of imidazole rings is 1. The molecule has 2 heterocycles. The molecule has 28 heavy (non-hydrogen) atoms. The fourth-order valence-electron chi connectivity index (χ4n) is 5.31. The van der Waals surface area contributed by atoms with Crippen molar-refractivity contribution in [3.63, 3.8) is 0 Å². The Morgan fingerprint density at radius 1 is 0.964 bits per heavy atom. The summed E-state index contributed by atoms with van der Waals surface area (Å²) in [7, 11) is 0. The van der Waals surface area contributed by atoms with Crippen LogP contribution in [0.2, 0.25) is 5.02 Å². The predicted molar refractivity (Wildman–Crippen MR) is 114 cm³/mol. The molecule has 0 bridgehead atoms. The van der Waals surface area contributed by atoms with E-state index in [4.69, 9.17) is 11.6 Å². The van der Waals surface area contributed by atoms with E-state index >= 15 is 0 Å². The second kappa shape index (κ2) is 7.09. The Kier molecular flexibility index (Phi) is 4.56. The summed E-state index contributed by atoms with van der Waals surface area (Å²) in [5, 5.41) is 0.810. The molecule has 1 aliphatic heterocycles. The molecule has 4 nitrogen and oxygen atoms in total. The van der Waals surface area contributed by atoms with Gasteiger partial charge in [0.1, 0.15) is 0 Å². The third-order valence-electron chi connectivity index (χ3n) is 6.82. The van der Waals surface area contributed by atoms with Crippen molar-refractivity contribution in [3.8, 4) is 0 Å². The van der Waals surface area contributed by atoms with Crippen molar-refractivity contribution < 1.29 is 0 Å². The zero-order valence-corrected chi connectivity index (χ0v) is 17.0. The highest BCUT2D eigenvalue weighted by molar-refractivity contribution is 6.30. The zero-order valence-electron chi connectivity index (χ0n) is 16.2. The third kappa shape index (κ3) is 2.90. The van der Waals surface area contributed by atoms with Crippen LogP contribution in [-0.4, -0.2) is 33.7 Å². The Bertz CT molecular complexity index is 1050.